The molecular formula is C26H25FN4O3S. The zero-order valence-electron chi connectivity index (χ0n) is 19.2. The van der Waals surface area contributed by atoms with E-state index in [1.165, 1.54) is 28.8 Å². The minimum absolute atomic E-state index is 0.0614. The van der Waals surface area contributed by atoms with Crippen molar-refractivity contribution in [2.45, 2.75) is 36.4 Å². The van der Waals surface area contributed by atoms with Crippen LogP contribution >= 0.6 is 11.8 Å². The van der Waals surface area contributed by atoms with Gasteiger partial charge in [0.1, 0.15) is 23.6 Å². The Balaban J connectivity index is 1.41. The summed E-state index contributed by atoms with van der Waals surface area (Å²) in [6.45, 7) is 0.594. The van der Waals surface area contributed by atoms with Crippen LogP contribution in [-0.4, -0.2) is 50.5 Å². The third-order valence-corrected chi connectivity index (χ3v) is 6.88. The number of ketones is 1. The number of imidazole rings is 1. The third kappa shape index (κ3) is 4.84. The molecule has 35 heavy (non-hydrogen) atoms. The van der Waals surface area contributed by atoms with E-state index in [-0.39, 0.29) is 19.0 Å². The second kappa shape index (κ2) is 10.6. The summed E-state index contributed by atoms with van der Waals surface area (Å²) in [5.41, 5.74) is 2.79. The number of alkyl halides is 1. The van der Waals surface area contributed by atoms with Crippen molar-refractivity contribution in [3.63, 3.8) is 0 Å². The number of thioether (sulfide) groups is 1. The molecule has 5 rings (SSSR count). The quantitative estimate of drug-likeness (QED) is 0.323. The fraction of sp³-hybridized carbons (Fsp3) is 0.308. The number of hydrogen-bond donors (Lipinski definition) is 0. The van der Waals surface area contributed by atoms with E-state index < -0.39 is 24.1 Å². The number of carbonyl (C=O) groups excluding carboxylic acids is 1. The van der Waals surface area contributed by atoms with Crippen molar-refractivity contribution >= 4 is 23.2 Å². The Kier molecular flexibility index (Phi) is 7.17. The number of carbonyl (C=O) groups is 1. The largest absolute Gasteiger partial charge is 0.376 e. The molecule has 0 saturated heterocycles. The van der Waals surface area contributed by atoms with Crippen LogP contribution in [0.3, 0.4) is 0 Å². The van der Waals surface area contributed by atoms with Crippen LogP contribution in [0.15, 0.2) is 78.2 Å². The number of fused-ring (bicyclic) bond motifs is 1. The first-order valence-electron chi connectivity index (χ1n) is 11.3. The van der Waals surface area contributed by atoms with Crippen molar-refractivity contribution in [1.82, 2.24) is 19.6 Å². The molecule has 1 aliphatic rings. The molecule has 4 atom stereocenters. The molecule has 2 aromatic heterocycles. The van der Waals surface area contributed by atoms with Gasteiger partial charge in [0.05, 0.1) is 43.5 Å². The molecule has 2 heterocycles. The highest BCUT2D eigenvalue weighted by Gasteiger charge is 2.53. The van der Waals surface area contributed by atoms with E-state index in [4.69, 9.17) is 9.47 Å². The van der Waals surface area contributed by atoms with Crippen LogP contribution in [0, 0.1) is 5.92 Å². The molecule has 0 aliphatic heterocycles. The minimum atomic E-state index is -1.57. The molecule has 0 amide bonds. The first kappa shape index (κ1) is 23.6. The second-order valence-electron chi connectivity index (χ2n) is 8.38. The predicted octanol–water partition coefficient (Wildman–Crippen LogP) is 4.27. The monoisotopic (exact) mass is 492 g/mol. The number of halogens is 1. The molecule has 0 bridgehead atoms. The van der Waals surface area contributed by atoms with E-state index in [0.29, 0.717) is 23.0 Å². The lowest BCUT2D eigenvalue weighted by atomic mass is 10.00. The first-order chi connectivity index (χ1) is 17.2. The highest BCUT2D eigenvalue weighted by atomic mass is 32.2. The van der Waals surface area contributed by atoms with Crippen molar-refractivity contribution in [2.24, 2.45) is 5.92 Å². The zero-order valence-corrected chi connectivity index (χ0v) is 20.0. The number of nitrogens with zero attached hydrogens (tertiary/aromatic N) is 4. The standard InChI is InChI=1S/C26H25FN4O3S/c1-35-26-25-28-12-20(31(25)30-16-29-26)21-22(27)24(34-14-18-10-6-3-7-11-18)19(23(21)32)15-33-13-17-8-4-2-5-9-17/h2-12,16,19,21-22,24H,13-15H2,1H3/t19-,21?,22-,24+/m0/s1. The highest BCUT2D eigenvalue weighted by molar-refractivity contribution is 7.98. The number of hydrogen-bond acceptors (Lipinski definition) is 7. The summed E-state index contributed by atoms with van der Waals surface area (Å²) in [6.07, 6.45) is 2.27. The van der Waals surface area contributed by atoms with Gasteiger partial charge in [0.2, 0.25) is 0 Å². The second-order valence-corrected chi connectivity index (χ2v) is 9.18. The molecular weight excluding hydrogens is 467 g/mol. The Morgan fingerprint density at radius 1 is 1.00 bits per heavy atom. The van der Waals surface area contributed by atoms with Crippen LogP contribution in [0.5, 0.6) is 0 Å². The number of aromatic nitrogens is 4. The minimum Gasteiger partial charge on any atom is -0.376 e. The third-order valence-electron chi connectivity index (χ3n) is 6.20. The Hall–Kier alpha value is -3.14. The van der Waals surface area contributed by atoms with Crippen LogP contribution in [0.25, 0.3) is 5.65 Å². The fourth-order valence-electron chi connectivity index (χ4n) is 4.47. The normalized spacial score (nSPS) is 22.2. The van der Waals surface area contributed by atoms with Crippen molar-refractivity contribution < 1.29 is 18.7 Å². The van der Waals surface area contributed by atoms with Gasteiger partial charge in [-0.25, -0.2) is 18.9 Å². The fourth-order valence-corrected chi connectivity index (χ4v) is 4.94. The van der Waals surface area contributed by atoms with Crippen molar-refractivity contribution in [3.8, 4) is 0 Å². The van der Waals surface area contributed by atoms with Gasteiger partial charge in [-0.3, -0.25) is 4.79 Å². The van der Waals surface area contributed by atoms with Gasteiger partial charge in [-0.1, -0.05) is 60.7 Å². The van der Waals surface area contributed by atoms with E-state index in [0.717, 1.165) is 11.1 Å². The van der Waals surface area contributed by atoms with E-state index in [9.17, 15) is 4.79 Å². The molecule has 0 radical (unpaired) electrons. The summed E-state index contributed by atoms with van der Waals surface area (Å²) < 4.78 is 29.4. The van der Waals surface area contributed by atoms with Crippen LogP contribution in [-0.2, 0) is 27.5 Å². The molecule has 1 unspecified atom stereocenters. The summed E-state index contributed by atoms with van der Waals surface area (Å²) in [5.74, 6) is -2.08. The Labute approximate surface area is 206 Å². The lowest BCUT2D eigenvalue weighted by molar-refractivity contribution is -0.127. The molecule has 2 aromatic carbocycles. The maximum Gasteiger partial charge on any atom is 0.186 e. The average molecular weight is 493 g/mol. The van der Waals surface area contributed by atoms with Crippen LogP contribution < -0.4 is 0 Å². The Bertz CT molecular complexity index is 1290. The van der Waals surface area contributed by atoms with Crippen molar-refractivity contribution in [2.75, 3.05) is 12.9 Å². The predicted molar refractivity (Wildman–Crippen MR) is 130 cm³/mol. The number of benzene rings is 2. The summed E-state index contributed by atoms with van der Waals surface area (Å²) in [7, 11) is 0. The molecule has 1 saturated carbocycles. The summed E-state index contributed by atoms with van der Waals surface area (Å²) >= 11 is 1.41. The average Bonchev–Trinajstić information content (AvgIpc) is 3.42. The molecule has 0 N–H and O–H groups in total. The Morgan fingerprint density at radius 2 is 1.69 bits per heavy atom. The maximum atomic E-state index is 16.0. The van der Waals surface area contributed by atoms with E-state index in [1.54, 1.807) is 0 Å². The van der Waals surface area contributed by atoms with Gasteiger partial charge < -0.3 is 9.47 Å². The Morgan fingerprint density at radius 3 is 2.37 bits per heavy atom. The SMILES string of the molecule is CSc1ncnn2c(C3C(=O)[C@H](COCc4ccccc4)[C@@H](OCc4ccccc4)[C@H]3F)cnc12. The van der Waals surface area contributed by atoms with E-state index >= 15 is 4.39 Å². The van der Waals surface area contributed by atoms with Gasteiger partial charge in [0.25, 0.3) is 0 Å². The summed E-state index contributed by atoms with van der Waals surface area (Å²) in [4.78, 5) is 22.2. The highest BCUT2D eigenvalue weighted by Crippen LogP contribution is 2.40. The number of rotatable bonds is 9. The molecule has 7 nitrogen and oxygen atoms in total. The van der Waals surface area contributed by atoms with Gasteiger partial charge in [-0.05, 0) is 17.4 Å². The van der Waals surface area contributed by atoms with Crippen LogP contribution in [0.4, 0.5) is 4.39 Å². The van der Waals surface area contributed by atoms with Gasteiger partial charge in [-0.15, -0.1) is 11.8 Å². The zero-order chi connectivity index (χ0) is 24.2. The van der Waals surface area contributed by atoms with E-state index in [2.05, 4.69) is 15.1 Å². The van der Waals surface area contributed by atoms with Crippen LogP contribution in [0.2, 0.25) is 0 Å². The molecule has 9 heteroatoms. The van der Waals surface area contributed by atoms with E-state index in [1.807, 2.05) is 66.9 Å². The van der Waals surface area contributed by atoms with Crippen molar-refractivity contribution in [1.29, 1.82) is 0 Å². The molecule has 1 aliphatic carbocycles. The molecule has 4 aromatic rings. The van der Waals surface area contributed by atoms with Crippen molar-refractivity contribution in [3.05, 3.63) is 90.0 Å². The lowest BCUT2D eigenvalue weighted by Crippen LogP contribution is -2.31. The topological polar surface area (TPSA) is 78.6 Å². The van der Waals surface area contributed by atoms with Gasteiger partial charge in [0.15, 0.2) is 11.4 Å². The summed E-state index contributed by atoms with van der Waals surface area (Å²) in [5, 5.41) is 4.91. The van der Waals surface area contributed by atoms with Gasteiger partial charge >= 0.3 is 0 Å². The van der Waals surface area contributed by atoms with Gasteiger partial charge in [-0.2, -0.15) is 5.10 Å². The van der Waals surface area contributed by atoms with Crippen LogP contribution in [0.1, 0.15) is 22.7 Å². The summed E-state index contributed by atoms with van der Waals surface area (Å²) in [6, 6.07) is 19.2. The smallest absolute Gasteiger partial charge is 0.186 e. The number of ether oxygens (including phenoxy) is 2. The molecule has 1 fully saturated rings. The molecule has 0 spiro atoms. The first-order valence-corrected chi connectivity index (χ1v) is 12.6. The maximum absolute atomic E-state index is 16.0. The number of Topliss-reactive ketones (excluding diaryl/α,β-unsaturated/α-hetero) is 1. The lowest BCUT2D eigenvalue weighted by Gasteiger charge is -2.21. The molecule has 180 valence electrons. The van der Waals surface area contributed by atoms with Gasteiger partial charge in [0, 0.05) is 0 Å².